The van der Waals surface area contributed by atoms with Crippen LogP contribution in [0.15, 0.2) is 71.8 Å². The molecule has 33 heavy (non-hydrogen) atoms. The summed E-state index contributed by atoms with van der Waals surface area (Å²) >= 11 is 0. The molecule has 0 saturated carbocycles. The number of carbonyl (C=O) groups is 1. The van der Waals surface area contributed by atoms with E-state index in [1.165, 1.54) is 11.8 Å². The van der Waals surface area contributed by atoms with Crippen LogP contribution < -0.4 is 25.0 Å². The van der Waals surface area contributed by atoms with Crippen molar-refractivity contribution in [3.05, 3.63) is 83.4 Å². The molecule has 172 valence electrons. The quantitative estimate of drug-likeness (QED) is 0.251. The first-order valence-corrected chi connectivity index (χ1v) is 10.7. The lowest BCUT2D eigenvalue weighted by Crippen LogP contribution is -2.24. The Balaban J connectivity index is 1.53. The molecule has 0 heterocycles. The van der Waals surface area contributed by atoms with Crippen LogP contribution in [0, 0.1) is 13.8 Å². The number of hydrazone groups is 1. The molecular weight excluding hydrogens is 418 g/mol. The van der Waals surface area contributed by atoms with Gasteiger partial charge < -0.3 is 19.5 Å². The van der Waals surface area contributed by atoms with Gasteiger partial charge in [-0.25, -0.2) is 10.2 Å². The van der Waals surface area contributed by atoms with Gasteiger partial charge >= 0.3 is 6.03 Å². The predicted octanol–water partition coefficient (Wildman–Crippen LogP) is 5.32. The van der Waals surface area contributed by atoms with Crippen LogP contribution in [0.5, 0.6) is 17.2 Å². The fourth-order valence-electron chi connectivity index (χ4n) is 3.17. The van der Waals surface area contributed by atoms with Crippen molar-refractivity contribution in [2.24, 2.45) is 5.10 Å². The SMILES string of the molecule is COc1cccc(C=NNC(=O)Nc2ccccc2)c1OCCCOc1ccc(C)cc1C. The van der Waals surface area contributed by atoms with Crippen LogP contribution in [0.2, 0.25) is 0 Å². The number of hydrogen-bond acceptors (Lipinski definition) is 5. The molecule has 0 spiro atoms. The van der Waals surface area contributed by atoms with E-state index in [0.29, 0.717) is 42.4 Å². The normalized spacial score (nSPS) is 10.6. The molecule has 0 aliphatic carbocycles. The van der Waals surface area contributed by atoms with Crippen molar-refractivity contribution in [3.8, 4) is 17.2 Å². The first kappa shape index (κ1) is 23.7. The Hall–Kier alpha value is -4.00. The molecule has 2 N–H and O–H groups in total. The van der Waals surface area contributed by atoms with Gasteiger partial charge in [0.1, 0.15) is 5.75 Å². The van der Waals surface area contributed by atoms with Crippen LogP contribution in [0.25, 0.3) is 0 Å². The summed E-state index contributed by atoms with van der Waals surface area (Å²) in [5, 5.41) is 6.73. The molecule has 3 aromatic rings. The lowest BCUT2D eigenvalue weighted by atomic mass is 10.1. The monoisotopic (exact) mass is 447 g/mol. The number of benzene rings is 3. The fraction of sp³-hybridized carbons (Fsp3) is 0.231. The van der Waals surface area contributed by atoms with Crippen molar-refractivity contribution in [3.63, 3.8) is 0 Å². The summed E-state index contributed by atoms with van der Waals surface area (Å²) in [6.45, 7) is 5.06. The lowest BCUT2D eigenvalue weighted by molar-refractivity contribution is 0.239. The number of rotatable bonds is 10. The van der Waals surface area contributed by atoms with E-state index in [4.69, 9.17) is 14.2 Å². The highest BCUT2D eigenvalue weighted by molar-refractivity contribution is 5.91. The Morgan fingerprint density at radius 3 is 2.48 bits per heavy atom. The second-order valence-electron chi connectivity index (χ2n) is 7.39. The van der Waals surface area contributed by atoms with Gasteiger partial charge in [-0.3, -0.25) is 0 Å². The molecule has 0 radical (unpaired) electrons. The largest absolute Gasteiger partial charge is 0.493 e. The van der Waals surface area contributed by atoms with Gasteiger partial charge in [-0.15, -0.1) is 0 Å². The lowest BCUT2D eigenvalue weighted by Gasteiger charge is -2.14. The van der Waals surface area contributed by atoms with E-state index in [1.807, 2.05) is 55.5 Å². The van der Waals surface area contributed by atoms with E-state index >= 15 is 0 Å². The number of aryl methyl sites for hydroxylation is 2. The van der Waals surface area contributed by atoms with Crippen molar-refractivity contribution in [1.82, 2.24) is 5.43 Å². The number of hydrogen-bond donors (Lipinski definition) is 2. The number of para-hydroxylation sites is 2. The Morgan fingerprint density at radius 1 is 0.939 bits per heavy atom. The highest BCUT2D eigenvalue weighted by Gasteiger charge is 2.10. The molecule has 2 amide bonds. The van der Waals surface area contributed by atoms with Gasteiger partial charge in [0.15, 0.2) is 11.5 Å². The first-order valence-electron chi connectivity index (χ1n) is 10.7. The van der Waals surface area contributed by atoms with Crippen LogP contribution in [-0.4, -0.2) is 32.6 Å². The molecule has 0 aromatic heterocycles. The summed E-state index contributed by atoms with van der Waals surface area (Å²) in [5.41, 5.74) is 6.14. The average Bonchev–Trinajstić information content (AvgIpc) is 2.81. The van der Waals surface area contributed by atoms with E-state index in [9.17, 15) is 4.79 Å². The van der Waals surface area contributed by atoms with Crippen LogP contribution in [-0.2, 0) is 0 Å². The summed E-state index contributed by atoms with van der Waals surface area (Å²) in [6, 6.07) is 20.3. The van der Waals surface area contributed by atoms with Gasteiger partial charge in [0.2, 0.25) is 0 Å². The minimum absolute atomic E-state index is 0.439. The Bertz CT molecular complexity index is 1080. The number of carbonyl (C=O) groups excluding carboxylic acids is 1. The molecule has 0 fully saturated rings. The third-order valence-electron chi connectivity index (χ3n) is 4.75. The maximum Gasteiger partial charge on any atom is 0.339 e. The fourth-order valence-corrected chi connectivity index (χ4v) is 3.17. The zero-order valence-corrected chi connectivity index (χ0v) is 19.1. The third-order valence-corrected chi connectivity index (χ3v) is 4.75. The van der Waals surface area contributed by atoms with Crippen LogP contribution >= 0.6 is 0 Å². The number of anilines is 1. The second kappa shape index (κ2) is 12.1. The van der Waals surface area contributed by atoms with E-state index in [0.717, 1.165) is 11.3 Å². The molecule has 0 saturated heterocycles. The Labute approximate surface area is 194 Å². The number of amides is 2. The highest BCUT2D eigenvalue weighted by atomic mass is 16.5. The van der Waals surface area contributed by atoms with Crippen molar-refractivity contribution in [2.75, 3.05) is 25.6 Å². The molecule has 0 aliphatic heterocycles. The van der Waals surface area contributed by atoms with Crippen molar-refractivity contribution in [1.29, 1.82) is 0 Å². The smallest absolute Gasteiger partial charge is 0.339 e. The maximum atomic E-state index is 12.0. The van der Waals surface area contributed by atoms with Crippen LogP contribution in [0.1, 0.15) is 23.1 Å². The van der Waals surface area contributed by atoms with Crippen molar-refractivity contribution in [2.45, 2.75) is 20.3 Å². The number of methoxy groups -OCH3 is 1. The highest BCUT2D eigenvalue weighted by Crippen LogP contribution is 2.30. The molecular formula is C26H29N3O4. The van der Waals surface area contributed by atoms with E-state index in [2.05, 4.69) is 28.8 Å². The van der Waals surface area contributed by atoms with Crippen molar-refractivity contribution < 1.29 is 19.0 Å². The van der Waals surface area contributed by atoms with Crippen LogP contribution in [0.4, 0.5) is 10.5 Å². The summed E-state index contributed by atoms with van der Waals surface area (Å²) in [5.74, 6) is 2.02. The van der Waals surface area contributed by atoms with Gasteiger partial charge in [0, 0.05) is 17.7 Å². The van der Waals surface area contributed by atoms with E-state index in [1.54, 1.807) is 19.2 Å². The second-order valence-corrected chi connectivity index (χ2v) is 7.39. The zero-order chi connectivity index (χ0) is 23.5. The number of urea groups is 1. The zero-order valence-electron chi connectivity index (χ0n) is 19.1. The van der Waals surface area contributed by atoms with Gasteiger partial charge in [0.25, 0.3) is 0 Å². The molecule has 7 nitrogen and oxygen atoms in total. The number of nitrogens with one attached hydrogen (secondary N) is 2. The third kappa shape index (κ3) is 7.28. The predicted molar refractivity (Wildman–Crippen MR) is 131 cm³/mol. The Kier molecular flexibility index (Phi) is 8.71. The minimum atomic E-state index is -0.439. The molecule has 3 aromatic carbocycles. The molecule has 0 unspecified atom stereocenters. The van der Waals surface area contributed by atoms with E-state index in [-0.39, 0.29) is 0 Å². The molecule has 0 bridgehead atoms. The maximum absolute atomic E-state index is 12.0. The molecule has 0 atom stereocenters. The molecule has 0 aliphatic rings. The first-order chi connectivity index (χ1) is 16.1. The summed E-state index contributed by atoms with van der Waals surface area (Å²) in [7, 11) is 1.58. The standard InChI is InChI=1S/C26H29N3O4/c1-19-13-14-23(20(2)17-19)32-15-8-16-33-25-21(9-7-12-24(25)31-3)18-27-29-26(30)28-22-10-5-4-6-11-22/h4-7,9-14,17-18H,8,15-16H2,1-3H3,(H2,28,29,30). The van der Waals surface area contributed by atoms with Gasteiger partial charge in [-0.2, -0.15) is 5.10 Å². The summed E-state index contributed by atoms with van der Waals surface area (Å²) in [4.78, 5) is 12.0. The topological polar surface area (TPSA) is 81.2 Å². The Morgan fingerprint density at radius 2 is 1.73 bits per heavy atom. The van der Waals surface area contributed by atoms with Gasteiger partial charge in [0.05, 0.1) is 26.5 Å². The average molecular weight is 448 g/mol. The molecule has 7 heteroatoms. The summed E-state index contributed by atoms with van der Waals surface area (Å²) < 4.78 is 17.3. The molecule has 3 rings (SSSR count). The number of nitrogens with zero attached hydrogens (tertiary/aromatic N) is 1. The minimum Gasteiger partial charge on any atom is -0.493 e. The van der Waals surface area contributed by atoms with Crippen molar-refractivity contribution >= 4 is 17.9 Å². The van der Waals surface area contributed by atoms with E-state index < -0.39 is 6.03 Å². The van der Waals surface area contributed by atoms with Crippen LogP contribution in [0.3, 0.4) is 0 Å². The number of ether oxygens (including phenoxy) is 3. The summed E-state index contributed by atoms with van der Waals surface area (Å²) in [6.07, 6.45) is 2.22. The van der Waals surface area contributed by atoms with Gasteiger partial charge in [-0.05, 0) is 49.7 Å². The van der Waals surface area contributed by atoms with Gasteiger partial charge in [-0.1, -0.05) is 42.0 Å².